The lowest BCUT2D eigenvalue weighted by Gasteiger charge is -2.38. The Morgan fingerprint density at radius 2 is 1.90 bits per heavy atom. The molecule has 0 heterocycles. The van der Waals surface area contributed by atoms with Crippen LogP contribution < -0.4 is 10.6 Å². The zero-order valence-electron chi connectivity index (χ0n) is 13.0. The van der Waals surface area contributed by atoms with Crippen molar-refractivity contribution in [1.82, 2.24) is 0 Å². The number of nitrogen functional groups attached to an aromatic ring is 1. The van der Waals surface area contributed by atoms with Crippen LogP contribution in [0.1, 0.15) is 39.0 Å². The van der Waals surface area contributed by atoms with Crippen molar-refractivity contribution in [3.05, 3.63) is 24.3 Å². The minimum Gasteiger partial charge on any atom is -0.399 e. The van der Waals surface area contributed by atoms with Crippen LogP contribution in [0.5, 0.6) is 0 Å². The van der Waals surface area contributed by atoms with Crippen LogP contribution in [0.25, 0.3) is 0 Å². The van der Waals surface area contributed by atoms with Gasteiger partial charge in [0.2, 0.25) is 0 Å². The summed E-state index contributed by atoms with van der Waals surface area (Å²) in [6.07, 6.45) is 6.01. The van der Waals surface area contributed by atoms with Gasteiger partial charge in [0.1, 0.15) is 9.84 Å². The molecule has 0 aliphatic heterocycles. The second-order valence-corrected chi connectivity index (χ2v) is 8.38. The maximum Gasteiger partial charge on any atom is 0.150 e. The molecule has 1 aromatic rings. The number of anilines is 2. The van der Waals surface area contributed by atoms with Gasteiger partial charge in [0, 0.05) is 30.2 Å². The lowest BCUT2D eigenvalue weighted by molar-refractivity contribution is 0.410. The Labute approximate surface area is 128 Å². The Morgan fingerprint density at radius 1 is 1.24 bits per heavy atom. The summed E-state index contributed by atoms with van der Waals surface area (Å²) in [7, 11) is -2.94. The average molecular weight is 310 g/mol. The molecule has 4 nitrogen and oxygen atoms in total. The molecule has 0 spiro atoms. The third kappa shape index (κ3) is 4.13. The lowest BCUT2D eigenvalue weighted by Crippen LogP contribution is -2.42. The van der Waals surface area contributed by atoms with Crippen LogP contribution in [0.15, 0.2) is 24.3 Å². The van der Waals surface area contributed by atoms with Gasteiger partial charge in [-0.25, -0.2) is 8.42 Å². The monoisotopic (exact) mass is 310 g/mol. The Morgan fingerprint density at radius 3 is 2.48 bits per heavy atom. The first-order valence-electron chi connectivity index (χ1n) is 7.73. The van der Waals surface area contributed by atoms with Crippen LogP contribution in [0.3, 0.4) is 0 Å². The molecule has 0 aromatic heterocycles. The number of sulfone groups is 1. The molecule has 2 N–H and O–H groups in total. The number of hydrogen-bond donors (Lipinski definition) is 1. The Kier molecular flexibility index (Phi) is 5.14. The second-order valence-electron chi connectivity index (χ2n) is 6.06. The molecule has 1 fully saturated rings. The first-order chi connectivity index (χ1) is 9.91. The van der Waals surface area contributed by atoms with Gasteiger partial charge in [-0.05, 0) is 49.9 Å². The zero-order chi connectivity index (χ0) is 15.5. The summed E-state index contributed by atoms with van der Waals surface area (Å²) in [5, 5.41) is -0.190. The highest BCUT2D eigenvalue weighted by molar-refractivity contribution is 7.91. The van der Waals surface area contributed by atoms with E-state index in [1.165, 1.54) is 6.26 Å². The van der Waals surface area contributed by atoms with Gasteiger partial charge in [-0.3, -0.25) is 0 Å². The van der Waals surface area contributed by atoms with Crippen molar-refractivity contribution in [2.24, 2.45) is 0 Å². The number of rotatable bonds is 5. The summed E-state index contributed by atoms with van der Waals surface area (Å²) in [6.45, 7) is 3.10. The first kappa shape index (κ1) is 16.1. The van der Waals surface area contributed by atoms with Gasteiger partial charge in [0.15, 0.2) is 0 Å². The average Bonchev–Trinajstić information content (AvgIpc) is 2.45. The standard InChI is InChI=1S/C16H26N2O2S/c1-3-11-18(14-9-7-13(17)8-10-14)15-5-4-6-16(12-15)21(2,19)20/h7-10,15-16H,3-6,11-12,17H2,1-2H3. The fourth-order valence-corrected chi connectivity index (χ4v) is 4.39. The van der Waals surface area contributed by atoms with Gasteiger partial charge in [0.05, 0.1) is 5.25 Å². The summed E-state index contributed by atoms with van der Waals surface area (Å²) >= 11 is 0. The predicted molar refractivity (Wildman–Crippen MR) is 89.4 cm³/mol. The van der Waals surface area contributed by atoms with Gasteiger partial charge in [0.25, 0.3) is 0 Å². The van der Waals surface area contributed by atoms with Gasteiger partial charge in [-0.1, -0.05) is 13.3 Å². The molecule has 21 heavy (non-hydrogen) atoms. The molecule has 5 heteroatoms. The van der Waals surface area contributed by atoms with E-state index in [1.807, 2.05) is 24.3 Å². The Bertz CT molecular complexity index is 554. The van der Waals surface area contributed by atoms with Crippen LogP contribution in [0, 0.1) is 0 Å². The SMILES string of the molecule is CCCN(c1ccc(N)cc1)C1CCCC(S(C)(=O)=O)C1. The first-order valence-corrected chi connectivity index (χ1v) is 9.68. The Balaban J connectivity index is 2.19. The summed E-state index contributed by atoms with van der Waals surface area (Å²) < 4.78 is 23.7. The van der Waals surface area contributed by atoms with Crippen molar-refractivity contribution in [1.29, 1.82) is 0 Å². The van der Waals surface area contributed by atoms with Gasteiger partial charge >= 0.3 is 0 Å². The number of nitrogens with two attached hydrogens (primary N) is 1. The van der Waals surface area contributed by atoms with E-state index in [1.54, 1.807) is 0 Å². The molecule has 2 unspecified atom stereocenters. The van der Waals surface area contributed by atoms with Crippen molar-refractivity contribution in [2.45, 2.75) is 50.3 Å². The van der Waals surface area contributed by atoms with E-state index >= 15 is 0 Å². The molecular formula is C16H26N2O2S. The van der Waals surface area contributed by atoms with Crippen LogP contribution in [-0.4, -0.2) is 32.5 Å². The van der Waals surface area contributed by atoms with E-state index in [0.29, 0.717) is 6.04 Å². The van der Waals surface area contributed by atoms with Crippen molar-refractivity contribution >= 4 is 21.2 Å². The highest BCUT2D eigenvalue weighted by atomic mass is 32.2. The second kappa shape index (κ2) is 6.69. The quantitative estimate of drug-likeness (QED) is 0.849. The molecule has 1 saturated carbocycles. The van der Waals surface area contributed by atoms with Gasteiger partial charge < -0.3 is 10.6 Å². The molecule has 0 bridgehead atoms. The molecule has 1 aliphatic carbocycles. The maximum absolute atomic E-state index is 11.9. The topological polar surface area (TPSA) is 63.4 Å². The van der Waals surface area contributed by atoms with Crippen LogP contribution in [-0.2, 0) is 9.84 Å². The normalized spacial score (nSPS) is 23.0. The smallest absolute Gasteiger partial charge is 0.150 e. The molecule has 0 radical (unpaired) electrons. The van der Waals surface area contributed by atoms with E-state index in [0.717, 1.165) is 50.0 Å². The van der Waals surface area contributed by atoms with E-state index < -0.39 is 9.84 Å². The van der Waals surface area contributed by atoms with E-state index in [4.69, 9.17) is 5.73 Å². The van der Waals surface area contributed by atoms with Crippen molar-refractivity contribution in [3.8, 4) is 0 Å². The summed E-state index contributed by atoms with van der Waals surface area (Å²) in [6, 6.07) is 8.20. The van der Waals surface area contributed by atoms with E-state index in [9.17, 15) is 8.42 Å². The highest BCUT2D eigenvalue weighted by Crippen LogP contribution is 2.31. The minimum atomic E-state index is -2.94. The van der Waals surface area contributed by atoms with Crippen molar-refractivity contribution < 1.29 is 8.42 Å². The predicted octanol–water partition coefficient (Wildman–Crippen LogP) is 2.84. The van der Waals surface area contributed by atoms with Crippen molar-refractivity contribution in [3.63, 3.8) is 0 Å². The third-order valence-electron chi connectivity index (χ3n) is 4.33. The summed E-state index contributed by atoms with van der Waals surface area (Å²) in [5.41, 5.74) is 7.66. The number of hydrogen-bond acceptors (Lipinski definition) is 4. The van der Waals surface area contributed by atoms with Crippen LogP contribution in [0.2, 0.25) is 0 Å². The fraction of sp³-hybridized carbons (Fsp3) is 0.625. The number of nitrogens with zero attached hydrogens (tertiary/aromatic N) is 1. The van der Waals surface area contributed by atoms with Crippen molar-refractivity contribution in [2.75, 3.05) is 23.4 Å². The summed E-state index contributed by atoms with van der Waals surface area (Å²) in [4.78, 5) is 2.36. The fourth-order valence-electron chi connectivity index (χ4n) is 3.22. The van der Waals surface area contributed by atoms with Crippen LogP contribution >= 0.6 is 0 Å². The van der Waals surface area contributed by atoms with Gasteiger partial charge in [-0.2, -0.15) is 0 Å². The molecule has 1 aromatic carbocycles. The molecular weight excluding hydrogens is 284 g/mol. The zero-order valence-corrected chi connectivity index (χ0v) is 13.8. The largest absolute Gasteiger partial charge is 0.399 e. The van der Waals surface area contributed by atoms with Gasteiger partial charge in [-0.15, -0.1) is 0 Å². The minimum absolute atomic E-state index is 0.190. The molecule has 2 rings (SSSR count). The third-order valence-corrected chi connectivity index (χ3v) is 5.97. The Hall–Kier alpha value is -1.23. The molecule has 0 amide bonds. The highest BCUT2D eigenvalue weighted by Gasteiger charge is 2.31. The lowest BCUT2D eigenvalue weighted by atomic mass is 9.93. The number of benzene rings is 1. The maximum atomic E-state index is 11.9. The van der Waals surface area contributed by atoms with Crippen LogP contribution in [0.4, 0.5) is 11.4 Å². The molecule has 1 aliphatic rings. The molecule has 2 atom stereocenters. The van der Waals surface area contributed by atoms with E-state index in [-0.39, 0.29) is 5.25 Å². The molecule has 0 saturated heterocycles. The summed E-state index contributed by atoms with van der Waals surface area (Å²) in [5.74, 6) is 0. The van der Waals surface area contributed by atoms with E-state index in [2.05, 4.69) is 11.8 Å². The molecule has 118 valence electrons.